The Morgan fingerprint density at radius 2 is 2.11 bits per heavy atom. The van der Waals surface area contributed by atoms with E-state index in [1.165, 1.54) is 32.4 Å². The zero-order valence-electron chi connectivity index (χ0n) is 13.4. The molecule has 1 heterocycles. The molecule has 2 N–H and O–H groups in total. The zero-order valence-corrected chi connectivity index (χ0v) is 13.4. The van der Waals surface area contributed by atoms with Crippen molar-refractivity contribution in [2.45, 2.75) is 71.4 Å². The fourth-order valence-corrected chi connectivity index (χ4v) is 3.13. The first kappa shape index (κ1) is 16.9. The first-order chi connectivity index (χ1) is 9.00. The lowest BCUT2D eigenvalue weighted by atomic mass is 9.93. The Morgan fingerprint density at radius 1 is 1.37 bits per heavy atom. The van der Waals surface area contributed by atoms with Crippen LogP contribution >= 0.6 is 0 Å². The molecule has 3 heteroatoms. The van der Waals surface area contributed by atoms with Crippen molar-refractivity contribution in [2.24, 2.45) is 5.92 Å². The molecule has 0 aromatic rings. The molecule has 0 bridgehead atoms. The largest absolute Gasteiger partial charge is 0.394 e. The molecule has 1 fully saturated rings. The Bertz CT molecular complexity index is 247. The summed E-state index contributed by atoms with van der Waals surface area (Å²) in [7, 11) is 0. The van der Waals surface area contributed by atoms with Crippen LogP contribution in [0.25, 0.3) is 0 Å². The van der Waals surface area contributed by atoms with E-state index in [0.29, 0.717) is 6.04 Å². The highest BCUT2D eigenvalue weighted by Crippen LogP contribution is 2.22. The van der Waals surface area contributed by atoms with E-state index in [2.05, 4.69) is 37.9 Å². The van der Waals surface area contributed by atoms with Crippen molar-refractivity contribution < 1.29 is 5.11 Å². The van der Waals surface area contributed by atoms with Crippen LogP contribution in [-0.4, -0.2) is 47.8 Å². The van der Waals surface area contributed by atoms with Crippen LogP contribution in [0.15, 0.2) is 0 Å². The number of hydrogen-bond acceptors (Lipinski definition) is 3. The zero-order chi connectivity index (χ0) is 14.3. The number of nitrogens with zero attached hydrogens (tertiary/aromatic N) is 1. The van der Waals surface area contributed by atoms with Gasteiger partial charge in [0.25, 0.3) is 0 Å². The Hall–Kier alpha value is -0.120. The van der Waals surface area contributed by atoms with Crippen molar-refractivity contribution in [1.29, 1.82) is 0 Å². The van der Waals surface area contributed by atoms with Gasteiger partial charge in [0.05, 0.1) is 6.61 Å². The van der Waals surface area contributed by atoms with Crippen molar-refractivity contribution in [3.05, 3.63) is 0 Å². The van der Waals surface area contributed by atoms with Crippen molar-refractivity contribution in [1.82, 2.24) is 10.2 Å². The minimum absolute atomic E-state index is 0.132. The highest BCUT2D eigenvalue weighted by Gasteiger charge is 2.28. The number of rotatable bonds is 7. The van der Waals surface area contributed by atoms with Crippen molar-refractivity contribution in [3.63, 3.8) is 0 Å². The monoisotopic (exact) mass is 270 g/mol. The number of hydrogen-bond donors (Lipinski definition) is 2. The third kappa shape index (κ3) is 5.80. The van der Waals surface area contributed by atoms with Gasteiger partial charge in [0.2, 0.25) is 0 Å². The van der Waals surface area contributed by atoms with Crippen LogP contribution in [0.3, 0.4) is 0 Å². The van der Waals surface area contributed by atoms with E-state index < -0.39 is 0 Å². The molecule has 0 aromatic carbocycles. The van der Waals surface area contributed by atoms with Gasteiger partial charge in [-0.25, -0.2) is 0 Å². The minimum atomic E-state index is -0.132. The summed E-state index contributed by atoms with van der Waals surface area (Å²) >= 11 is 0. The fourth-order valence-electron chi connectivity index (χ4n) is 3.13. The molecule has 0 aromatic heterocycles. The van der Waals surface area contributed by atoms with Gasteiger partial charge in [0.15, 0.2) is 0 Å². The predicted molar refractivity (Wildman–Crippen MR) is 82.5 cm³/mol. The van der Waals surface area contributed by atoms with Gasteiger partial charge in [-0.05, 0) is 71.5 Å². The van der Waals surface area contributed by atoms with Gasteiger partial charge in [-0.1, -0.05) is 13.8 Å². The molecule has 3 unspecified atom stereocenters. The molecule has 1 aliphatic heterocycles. The molecule has 0 amide bonds. The molecule has 0 radical (unpaired) electrons. The molecule has 3 nitrogen and oxygen atoms in total. The molecule has 19 heavy (non-hydrogen) atoms. The summed E-state index contributed by atoms with van der Waals surface area (Å²) in [4.78, 5) is 2.62. The summed E-state index contributed by atoms with van der Waals surface area (Å²) in [6.07, 6.45) is 6.16. The van der Waals surface area contributed by atoms with Crippen molar-refractivity contribution in [2.75, 3.05) is 26.2 Å². The van der Waals surface area contributed by atoms with Gasteiger partial charge in [-0.15, -0.1) is 0 Å². The predicted octanol–water partition coefficient (Wildman–Crippen LogP) is 2.64. The molecule has 1 saturated heterocycles. The minimum Gasteiger partial charge on any atom is -0.394 e. The Morgan fingerprint density at radius 3 is 2.74 bits per heavy atom. The van der Waals surface area contributed by atoms with E-state index in [0.717, 1.165) is 25.3 Å². The number of aliphatic hydroxyl groups is 1. The average Bonchev–Trinajstić information content (AvgIpc) is 2.61. The van der Waals surface area contributed by atoms with Crippen LogP contribution in [0.1, 0.15) is 59.8 Å². The lowest BCUT2D eigenvalue weighted by Crippen LogP contribution is -2.51. The molecule has 0 spiro atoms. The SMILES string of the molecule is CCCNC(C)(CO)CC(C)N1CCCC(C)CC1. The summed E-state index contributed by atoms with van der Waals surface area (Å²) < 4.78 is 0. The first-order valence-corrected chi connectivity index (χ1v) is 8.10. The molecule has 0 aliphatic carbocycles. The van der Waals surface area contributed by atoms with Crippen LogP contribution in [0.5, 0.6) is 0 Å². The highest BCUT2D eigenvalue weighted by atomic mass is 16.3. The van der Waals surface area contributed by atoms with Crippen LogP contribution in [0.4, 0.5) is 0 Å². The second-order valence-corrected chi connectivity index (χ2v) is 6.77. The molecular weight excluding hydrogens is 236 g/mol. The van der Waals surface area contributed by atoms with E-state index in [1.807, 2.05) is 0 Å². The van der Waals surface area contributed by atoms with E-state index in [1.54, 1.807) is 0 Å². The third-order valence-corrected chi connectivity index (χ3v) is 4.57. The highest BCUT2D eigenvalue weighted by molar-refractivity contribution is 4.87. The molecular formula is C16H34N2O. The Labute approximate surface area is 119 Å². The molecule has 3 atom stereocenters. The second kappa shape index (κ2) is 8.23. The Balaban J connectivity index is 2.48. The van der Waals surface area contributed by atoms with Gasteiger partial charge in [0, 0.05) is 11.6 Å². The second-order valence-electron chi connectivity index (χ2n) is 6.77. The smallest absolute Gasteiger partial charge is 0.0611 e. The van der Waals surface area contributed by atoms with Crippen molar-refractivity contribution >= 4 is 0 Å². The van der Waals surface area contributed by atoms with Crippen LogP contribution < -0.4 is 5.32 Å². The van der Waals surface area contributed by atoms with Gasteiger partial charge in [-0.3, -0.25) is 0 Å². The van der Waals surface area contributed by atoms with E-state index in [-0.39, 0.29) is 12.1 Å². The standard InChI is InChI=1S/C16H34N2O/c1-5-9-17-16(4,13-19)12-15(3)18-10-6-7-14(2)8-11-18/h14-15,17,19H,5-13H2,1-4H3. The van der Waals surface area contributed by atoms with Gasteiger partial charge in [-0.2, -0.15) is 0 Å². The fraction of sp³-hybridized carbons (Fsp3) is 1.00. The lowest BCUT2D eigenvalue weighted by molar-refractivity contribution is 0.116. The molecule has 0 saturated carbocycles. The maximum Gasteiger partial charge on any atom is 0.0611 e. The van der Waals surface area contributed by atoms with Crippen molar-refractivity contribution in [3.8, 4) is 0 Å². The Kier molecular flexibility index (Phi) is 7.33. The quantitative estimate of drug-likeness (QED) is 0.746. The molecule has 114 valence electrons. The summed E-state index contributed by atoms with van der Waals surface area (Å²) in [6.45, 7) is 12.7. The molecule has 1 aliphatic rings. The number of likely N-dealkylation sites (tertiary alicyclic amines) is 1. The number of nitrogens with one attached hydrogen (secondary N) is 1. The maximum atomic E-state index is 9.68. The van der Waals surface area contributed by atoms with Gasteiger partial charge < -0.3 is 15.3 Å². The molecule has 1 rings (SSSR count). The van der Waals surface area contributed by atoms with E-state index >= 15 is 0 Å². The summed E-state index contributed by atoms with van der Waals surface area (Å²) in [5, 5.41) is 13.2. The van der Waals surface area contributed by atoms with E-state index in [4.69, 9.17) is 0 Å². The van der Waals surface area contributed by atoms with Crippen LogP contribution in [0, 0.1) is 5.92 Å². The normalized spacial score (nSPS) is 26.7. The third-order valence-electron chi connectivity index (χ3n) is 4.57. The van der Waals surface area contributed by atoms with E-state index in [9.17, 15) is 5.11 Å². The van der Waals surface area contributed by atoms with Crippen LogP contribution in [0.2, 0.25) is 0 Å². The lowest BCUT2D eigenvalue weighted by Gasteiger charge is -2.36. The summed E-state index contributed by atoms with van der Waals surface area (Å²) in [5.74, 6) is 0.875. The maximum absolute atomic E-state index is 9.68. The summed E-state index contributed by atoms with van der Waals surface area (Å²) in [5.41, 5.74) is -0.132. The first-order valence-electron chi connectivity index (χ1n) is 8.10. The summed E-state index contributed by atoms with van der Waals surface area (Å²) in [6, 6.07) is 0.548. The van der Waals surface area contributed by atoms with Gasteiger partial charge >= 0.3 is 0 Å². The van der Waals surface area contributed by atoms with Gasteiger partial charge in [0.1, 0.15) is 0 Å². The average molecular weight is 270 g/mol. The topological polar surface area (TPSA) is 35.5 Å². The number of aliphatic hydroxyl groups excluding tert-OH is 1. The van der Waals surface area contributed by atoms with Crippen LogP contribution in [-0.2, 0) is 0 Å².